The largest absolute Gasteiger partial charge is 0.384 e. The normalized spacial score (nSPS) is 22.5. The number of fused-ring (bicyclic) bond motifs is 8. The Labute approximate surface area is 404 Å². The molecule has 0 saturated carbocycles. The van der Waals surface area contributed by atoms with Crippen LogP contribution >= 0.6 is 0 Å². The van der Waals surface area contributed by atoms with Crippen molar-refractivity contribution in [2.45, 2.75) is 91.3 Å². The molecule has 0 amide bonds. The van der Waals surface area contributed by atoms with Crippen LogP contribution in [0.3, 0.4) is 0 Å². The molecule has 4 atom stereocenters. The van der Waals surface area contributed by atoms with Gasteiger partial charge in [-0.1, -0.05) is 185 Å². The Balaban J connectivity index is 1.08. The lowest BCUT2D eigenvalue weighted by Gasteiger charge is -2.60. The van der Waals surface area contributed by atoms with Gasteiger partial charge in [-0.15, -0.1) is 0 Å². The first-order valence-electron chi connectivity index (χ1n) is 24.5. The molecule has 4 unspecified atom stereocenters. The van der Waals surface area contributed by atoms with Gasteiger partial charge in [-0.2, -0.15) is 0 Å². The predicted octanol–water partition coefficient (Wildman–Crippen LogP) is 15.8. The summed E-state index contributed by atoms with van der Waals surface area (Å²) in [6, 6.07) is 58.8. The Bertz CT molecular complexity index is 3200. The van der Waals surface area contributed by atoms with Gasteiger partial charge in [0.15, 0.2) is 0 Å². The first-order chi connectivity index (χ1) is 32.3. The number of benzene rings is 7. The highest BCUT2D eigenvalue weighted by atomic mass is 16.3. The summed E-state index contributed by atoms with van der Waals surface area (Å²) in [5.41, 5.74) is 13.5. The quantitative estimate of drug-likeness (QED) is 0.175. The van der Waals surface area contributed by atoms with E-state index in [1.807, 2.05) is 0 Å². The van der Waals surface area contributed by atoms with Gasteiger partial charge in [0.25, 0.3) is 0 Å². The van der Waals surface area contributed by atoms with Crippen molar-refractivity contribution < 1.29 is 10.2 Å². The molecule has 0 aromatic heterocycles. The summed E-state index contributed by atoms with van der Waals surface area (Å²) in [5.74, 6) is -0.953. The molecule has 4 aliphatic carbocycles. The molecule has 0 saturated heterocycles. The summed E-state index contributed by atoms with van der Waals surface area (Å²) >= 11 is 0. The van der Waals surface area contributed by atoms with E-state index in [0.717, 1.165) is 45.3 Å². The fraction of sp³-hybridized carbons (Fsp3) is 0.281. The van der Waals surface area contributed by atoms with E-state index in [2.05, 4.69) is 261 Å². The summed E-state index contributed by atoms with van der Waals surface area (Å²) in [4.78, 5) is 4.64. The number of hydrogen-bond acceptors (Lipinski definition) is 4. The summed E-state index contributed by atoms with van der Waals surface area (Å²) in [5, 5.41) is 28.0. The molecular formula is C64H64N2O2. The van der Waals surface area contributed by atoms with Crippen molar-refractivity contribution >= 4 is 28.4 Å². The second kappa shape index (κ2) is 15.0. The van der Waals surface area contributed by atoms with Gasteiger partial charge < -0.3 is 20.0 Å². The van der Waals surface area contributed by atoms with Gasteiger partial charge >= 0.3 is 0 Å². The molecule has 2 N–H and O–H groups in total. The molecule has 4 aliphatic rings. The van der Waals surface area contributed by atoms with Crippen molar-refractivity contribution in [3.63, 3.8) is 0 Å². The van der Waals surface area contributed by atoms with Gasteiger partial charge in [0.05, 0.1) is 0 Å². The molecule has 0 fully saturated rings. The molecule has 0 radical (unpaired) electrons. The van der Waals surface area contributed by atoms with Crippen LogP contribution in [-0.4, -0.2) is 10.2 Å². The molecular weight excluding hydrogens is 829 g/mol. The van der Waals surface area contributed by atoms with Crippen LogP contribution in [0.4, 0.5) is 28.4 Å². The minimum Gasteiger partial charge on any atom is -0.384 e. The maximum atomic E-state index is 14.0. The van der Waals surface area contributed by atoms with Crippen LogP contribution in [0.15, 0.2) is 188 Å². The molecule has 4 nitrogen and oxygen atoms in total. The lowest BCUT2D eigenvalue weighted by molar-refractivity contribution is -0.190. The monoisotopic (exact) mass is 892 g/mol. The Kier molecular flexibility index (Phi) is 9.73. The van der Waals surface area contributed by atoms with Crippen molar-refractivity contribution in [2.75, 3.05) is 9.80 Å². The summed E-state index contributed by atoms with van der Waals surface area (Å²) in [7, 11) is 0. The minimum absolute atomic E-state index is 0.174. The average molecular weight is 893 g/mol. The number of allylic oxidation sites excluding steroid dienone is 1. The fourth-order valence-electron chi connectivity index (χ4n) is 12.8. The standard InChI is InChI=1S/C64H64N2O2/c1-59(2,3)63(67)53-35-31-46(66(42-23-15-12-16-24-42)44-30-34-50-48-26-18-20-28-52(48)62(9,10)56(50)38-44)40-58(53)64(68,60(4,5)6)54-36-32-45(39-57(54)63)65(41-21-13-11-14-22-41)43-29-33-49-47-25-17-19-27-51(47)61(7,8)55(49)37-43/h11-40,53,58,67-68H,1-10H3. The lowest BCUT2D eigenvalue weighted by atomic mass is 9.48. The van der Waals surface area contributed by atoms with Crippen LogP contribution in [0.25, 0.3) is 22.3 Å². The second-order valence-electron chi connectivity index (χ2n) is 22.9. The fourth-order valence-corrected chi connectivity index (χ4v) is 12.8. The van der Waals surface area contributed by atoms with E-state index in [1.54, 1.807) is 0 Å². The van der Waals surface area contributed by atoms with E-state index < -0.39 is 33.9 Å². The highest BCUT2D eigenvalue weighted by molar-refractivity contribution is 5.87. The van der Waals surface area contributed by atoms with Gasteiger partial charge in [0.2, 0.25) is 0 Å². The zero-order valence-electron chi connectivity index (χ0n) is 41.3. The van der Waals surface area contributed by atoms with Crippen LogP contribution in [0, 0.1) is 22.7 Å². The number of anilines is 5. The van der Waals surface area contributed by atoms with Crippen LogP contribution in [-0.2, 0) is 22.0 Å². The van der Waals surface area contributed by atoms with Crippen molar-refractivity contribution in [1.82, 2.24) is 0 Å². The maximum absolute atomic E-state index is 14.0. The molecule has 342 valence electrons. The molecule has 0 aliphatic heterocycles. The average Bonchev–Trinajstić information content (AvgIpc) is 3.69. The molecule has 11 rings (SSSR count). The number of para-hydroxylation sites is 2. The van der Waals surface area contributed by atoms with Crippen molar-refractivity contribution in [1.29, 1.82) is 0 Å². The molecule has 7 aromatic rings. The topological polar surface area (TPSA) is 46.9 Å². The first kappa shape index (κ1) is 44.1. The van der Waals surface area contributed by atoms with E-state index in [9.17, 15) is 10.2 Å². The Morgan fingerprint density at radius 1 is 0.382 bits per heavy atom. The summed E-state index contributed by atoms with van der Waals surface area (Å²) in [6.45, 7) is 22.2. The zero-order valence-corrected chi connectivity index (χ0v) is 41.3. The van der Waals surface area contributed by atoms with E-state index in [1.165, 1.54) is 44.5 Å². The van der Waals surface area contributed by atoms with E-state index in [0.29, 0.717) is 0 Å². The van der Waals surface area contributed by atoms with Crippen LogP contribution in [0.2, 0.25) is 0 Å². The SMILES string of the molecule is CC1(C)c2ccccc2-c2ccc(N(C3=CC4C(C=C3)C(O)(C(C)(C)C)c3cc(N(c5ccccc5)c5ccc6c(c5)C(C)(C)c5ccccc5-6)ccc3C4(O)C(C)(C)C)c3ccccc3)cc21. The Hall–Kier alpha value is -6.46. The lowest BCUT2D eigenvalue weighted by Crippen LogP contribution is -2.61. The van der Waals surface area contributed by atoms with Crippen molar-refractivity contribution in [3.8, 4) is 22.3 Å². The summed E-state index contributed by atoms with van der Waals surface area (Å²) in [6.07, 6.45) is 6.66. The van der Waals surface area contributed by atoms with E-state index in [4.69, 9.17) is 0 Å². The Morgan fingerprint density at radius 3 is 1.28 bits per heavy atom. The zero-order chi connectivity index (χ0) is 47.8. The molecule has 0 spiro atoms. The van der Waals surface area contributed by atoms with E-state index in [-0.39, 0.29) is 10.8 Å². The van der Waals surface area contributed by atoms with Gasteiger partial charge in [-0.25, -0.2) is 0 Å². The smallest absolute Gasteiger partial charge is 0.102 e. The third kappa shape index (κ3) is 6.19. The molecule has 4 heteroatoms. The molecule has 68 heavy (non-hydrogen) atoms. The number of hydrogen-bond donors (Lipinski definition) is 2. The number of nitrogens with zero attached hydrogens (tertiary/aromatic N) is 2. The predicted molar refractivity (Wildman–Crippen MR) is 282 cm³/mol. The maximum Gasteiger partial charge on any atom is 0.102 e. The highest BCUT2D eigenvalue weighted by Gasteiger charge is 2.64. The number of rotatable bonds is 6. The summed E-state index contributed by atoms with van der Waals surface area (Å²) < 4.78 is 0. The highest BCUT2D eigenvalue weighted by Crippen LogP contribution is 2.64. The first-order valence-corrected chi connectivity index (χ1v) is 24.5. The minimum atomic E-state index is -1.39. The van der Waals surface area contributed by atoms with Crippen LogP contribution in [0.1, 0.15) is 103 Å². The number of aliphatic hydroxyl groups is 2. The van der Waals surface area contributed by atoms with Crippen LogP contribution < -0.4 is 9.80 Å². The van der Waals surface area contributed by atoms with E-state index >= 15 is 0 Å². The molecule has 7 aromatic carbocycles. The van der Waals surface area contributed by atoms with Gasteiger partial charge in [-0.05, 0) is 133 Å². The second-order valence-corrected chi connectivity index (χ2v) is 22.9. The molecule has 0 bridgehead atoms. The molecule has 0 heterocycles. The third-order valence-electron chi connectivity index (χ3n) is 16.5. The Morgan fingerprint density at radius 2 is 0.779 bits per heavy atom. The van der Waals surface area contributed by atoms with Crippen molar-refractivity contribution in [3.05, 3.63) is 221 Å². The third-order valence-corrected chi connectivity index (χ3v) is 16.5. The van der Waals surface area contributed by atoms with Gasteiger partial charge in [-0.3, -0.25) is 0 Å². The van der Waals surface area contributed by atoms with Crippen molar-refractivity contribution in [2.24, 2.45) is 22.7 Å². The van der Waals surface area contributed by atoms with Gasteiger partial charge in [0.1, 0.15) is 11.2 Å². The van der Waals surface area contributed by atoms with Crippen LogP contribution in [0.5, 0.6) is 0 Å². The van der Waals surface area contributed by atoms with Gasteiger partial charge in [0, 0.05) is 56.8 Å².